The first-order chi connectivity index (χ1) is 9.78. The lowest BCUT2D eigenvalue weighted by atomic mass is 10.2. The summed E-state index contributed by atoms with van der Waals surface area (Å²) in [6.45, 7) is 5.25. The van der Waals surface area contributed by atoms with E-state index in [2.05, 4.69) is 46.0 Å². The number of aryl methyl sites for hydroxylation is 1. The van der Waals surface area contributed by atoms with Crippen LogP contribution in [-0.4, -0.2) is 35.7 Å². The van der Waals surface area contributed by atoms with E-state index < -0.39 is 0 Å². The highest BCUT2D eigenvalue weighted by Crippen LogP contribution is 2.19. The van der Waals surface area contributed by atoms with Crippen LogP contribution in [0.3, 0.4) is 0 Å². The molecule has 1 aromatic rings. The molecule has 0 aromatic heterocycles. The maximum absolute atomic E-state index is 9.12. The Bertz CT molecular complexity index is 490. The molecular weight excluding hydrogens is 290 g/mol. The van der Waals surface area contributed by atoms with Crippen molar-refractivity contribution in [2.45, 2.75) is 12.7 Å². The van der Waals surface area contributed by atoms with Crippen LogP contribution in [0.15, 0.2) is 28.7 Å². The molecular formula is C14H17N3OS2. The molecule has 0 amide bonds. The minimum absolute atomic E-state index is 0.516. The number of rotatable bonds is 4. The number of hydrogen-bond donors (Lipinski definition) is 0. The average Bonchev–Trinajstić information content (AvgIpc) is 2.50. The van der Waals surface area contributed by atoms with E-state index in [4.69, 9.17) is 10.00 Å². The first-order valence-corrected chi connectivity index (χ1v) is 8.16. The van der Waals surface area contributed by atoms with Crippen molar-refractivity contribution in [3.8, 4) is 6.07 Å². The van der Waals surface area contributed by atoms with Gasteiger partial charge in [0.05, 0.1) is 25.3 Å². The second-order valence-electron chi connectivity index (χ2n) is 4.41. The van der Waals surface area contributed by atoms with Crippen molar-refractivity contribution >= 4 is 28.9 Å². The summed E-state index contributed by atoms with van der Waals surface area (Å²) in [5.74, 6) is 0.774. The zero-order valence-electron chi connectivity index (χ0n) is 11.4. The minimum Gasteiger partial charge on any atom is -0.379 e. The van der Waals surface area contributed by atoms with Crippen molar-refractivity contribution in [3.05, 3.63) is 35.4 Å². The predicted molar refractivity (Wildman–Crippen MR) is 85.5 cm³/mol. The molecule has 0 saturated carbocycles. The summed E-state index contributed by atoms with van der Waals surface area (Å²) in [4.78, 5) is 0. The molecule has 20 heavy (non-hydrogen) atoms. The van der Waals surface area contributed by atoms with Crippen molar-refractivity contribution in [2.75, 3.05) is 26.3 Å². The van der Waals surface area contributed by atoms with Gasteiger partial charge >= 0.3 is 0 Å². The fraction of sp³-hybridized carbons (Fsp3) is 0.429. The van der Waals surface area contributed by atoms with Crippen LogP contribution in [0.1, 0.15) is 11.1 Å². The van der Waals surface area contributed by atoms with Crippen molar-refractivity contribution in [1.29, 1.82) is 5.26 Å². The van der Waals surface area contributed by atoms with Crippen LogP contribution in [0.2, 0.25) is 0 Å². The van der Waals surface area contributed by atoms with Crippen LogP contribution >= 0.6 is 23.9 Å². The Morgan fingerprint density at radius 2 is 2.05 bits per heavy atom. The third-order valence-corrected chi connectivity index (χ3v) is 4.71. The molecule has 1 fully saturated rings. The van der Waals surface area contributed by atoms with Gasteiger partial charge in [-0.25, -0.2) is 4.31 Å². The number of ether oxygens (including phenoxy) is 1. The van der Waals surface area contributed by atoms with Crippen molar-refractivity contribution in [2.24, 2.45) is 4.40 Å². The first-order valence-electron chi connectivity index (χ1n) is 6.44. The molecule has 6 heteroatoms. The number of benzene rings is 1. The summed E-state index contributed by atoms with van der Waals surface area (Å²) in [5.41, 5.74) is 2.45. The molecule has 2 rings (SSSR count). The Hall–Kier alpha value is -1.00. The van der Waals surface area contributed by atoms with Crippen molar-refractivity contribution in [3.63, 3.8) is 0 Å². The molecule has 1 aliphatic heterocycles. The number of nitrogens with zero attached hydrogens (tertiary/aromatic N) is 3. The van der Waals surface area contributed by atoms with Crippen molar-refractivity contribution in [1.82, 2.24) is 4.31 Å². The zero-order chi connectivity index (χ0) is 14.2. The molecule has 0 unspecified atom stereocenters. The number of morpholine rings is 1. The molecule has 0 radical (unpaired) electrons. The van der Waals surface area contributed by atoms with Gasteiger partial charge in [-0.1, -0.05) is 41.6 Å². The van der Waals surface area contributed by atoms with E-state index in [9.17, 15) is 0 Å². The molecule has 0 atom stereocenters. The molecule has 0 aliphatic carbocycles. The summed E-state index contributed by atoms with van der Waals surface area (Å²) in [7, 11) is 0. The van der Waals surface area contributed by atoms with Gasteiger partial charge in [-0.05, 0) is 12.5 Å². The minimum atomic E-state index is 0.516. The van der Waals surface area contributed by atoms with E-state index in [0.717, 1.165) is 32.1 Å². The highest BCUT2D eigenvalue weighted by molar-refractivity contribution is 8.14. The van der Waals surface area contributed by atoms with Gasteiger partial charge in [-0.15, -0.1) is 0 Å². The fourth-order valence-electron chi connectivity index (χ4n) is 1.64. The molecule has 0 spiro atoms. The standard InChI is InChI=1S/C14H17N3OS2/c1-12-2-4-13(5-3-12)11-19-14(10-15)16-20-17-6-8-18-9-7-17/h2-5H,6-9,11H2,1H3/b16-14+. The van der Waals surface area contributed by atoms with E-state index in [1.807, 2.05) is 0 Å². The summed E-state index contributed by atoms with van der Waals surface area (Å²) in [6, 6.07) is 10.5. The van der Waals surface area contributed by atoms with Gasteiger partial charge in [0.1, 0.15) is 6.07 Å². The van der Waals surface area contributed by atoms with E-state index in [0.29, 0.717) is 5.04 Å². The average molecular weight is 307 g/mol. The Morgan fingerprint density at radius 1 is 1.35 bits per heavy atom. The Labute approximate surface area is 128 Å². The van der Waals surface area contributed by atoms with Crippen LogP contribution in [0, 0.1) is 18.3 Å². The normalized spacial score (nSPS) is 16.9. The van der Waals surface area contributed by atoms with Gasteiger partial charge in [0.25, 0.3) is 0 Å². The van der Waals surface area contributed by atoms with Crippen LogP contribution in [-0.2, 0) is 10.5 Å². The van der Waals surface area contributed by atoms with Gasteiger partial charge in [-0.2, -0.15) is 9.66 Å². The highest BCUT2D eigenvalue weighted by atomic mass is 32.2. The highest BCUT2D eigenvalue weighted by Gasteiger charge is 2.11. The predicted octanol–water partition coefficient (Wildman–Crippen LogP) is 3.05. The molecule has 106 valence electrons. The lowest BCUT2D eigenvalue weighted by molar-refractivity contribution is 0.0773. The SMILES string of the molecule is Cc1ccc(CS/C(C#N)=N/SN2CCOCC2)cc1. The van der Waals surface area contributed by atoms with E-state index in [1.165, 1.54) is 35.0 Å². The molecule has 0 bridgehead atoms. The second-order valence-corrected chi connectivity index (χ2v) is 6.23. The molecule has 1 aromatic carbocycles. The topological polar surface area (TPSA) is 48.6 Å². The number of thioether (sulfide) groups is 1. The maximum Gasteiger partial charge on any atom is 0.183 e. The van der Waals surface area contributed by atoms with Crippen LogP contribution < -0.4 is 0 Å². The molecule has 1 heterocycles. The molecule has 4 nitrogen and oxygen atoms in total. The Kier molecular flexibility index (Phi) is 6.40. The Morgan fingerprint density at radius 3 is 2.70 bits per heavy atom. The van der Waals surface area contributed by atoms with Crippen LogP contribution in [0.5, 0.6) is 0 Å². The fourth-order valence-corrected chi connectivity index (χ4v) is 3.05. The maximum atomic E-state index is 9.12. The summed E-state index contributed by atoms with van der Waals surface area (Å²) < 4.78 is 11.7. The largest absolute Gasteiger partial charge is 0.379 e. The second kappa shape index (κ2) is 8.32. The van der Waals surface area contributed by atoms with E-state index >= 15 is 0 Å². The van der Waals surface area contributed by atoms with Gasteiger partial charge in [-0.3, -0.25) is 0 Å². The van der Waals surface area contributed by atoms with Gasteiger partial charge in [0.2, 0.25) is 0 Å². The monoisotopic (exact) mass is 307 g/mol. The van der Waals surface area contributed by atoms with Crippen LogP contribution in [0.25, 0.3) is 0 Å². The summed E-state index contributed by atoms with van der Waals surface area (Å²) >= 11 is 2.84. The van der Waals surface area contributed by atoms with Gasteiger partial charge in [0, 0.05) is 18.8 Å². The lowest BCUT2D eigenvalue weighted by Gasteiger charge is -2.22. The zero-order valence-corrected chi connectivity index (χ0v) is 13.0. The van der Waals surface area contributed by atoms with Crippen LogP contribution in [0.4, 0.5) is 0 Å². The summed E-state index contributed by atoms with van der Waals surface area (Å²) in [6.07, 6.45) is 0. The lowest BCUT2D eigenvalue weighted by Crippen LogP contribution is -2.30. The molecule has 0 N–H and O–H groups in total. The summed E-state index contributed by atoms with van der Waals surface area (Å²) in [5, 5.41) is 9.64. The third kappa shape index (κ3) is 5.17. The molecule has 1 aliphatic rings. The first kappa shape index (κ1) is 15.4. The van der Waals surface area contributed by atoms with E-state index in [1.54, 1.807) is 0 Å². The third-order valence-electron chi connectivity index (χ3n) is 2.80. The van der Waals surface area contributed by atoms with Gasteiger partial charge < -0.3 is 4.74 Å². The van der Waals surface area contributed by atoms with Crippen molar-refractivity contribution < 1.29 is 4.74 Å². The Balaban J connectivity index is 1.82. The molecule has 1 saturated heterocycles. The number of nitriles is 1. The smallest absolute Gasteiger partial charge is 0.183 e. The van der Waals surface area contributed by atoms with E-state index in [-0.39, 0.29) is 0 Å². The number of hydrogen-bond acceptors (Lipinski definition) is 6. The van der Waals surface area contributed by atoms with Gasteiger partial charge in [0.15, 0.2) is 5.04 Å². The quantitative estimate of drug-likeness (QED) is 0.486.